The first kappa shape index (κ1) is 13.7. The van der Waals surface area contributed by atoms with Gasteiger partial charge in [0.1, 0.15) is 5.82 Å². The fourth-order valence-corrected chi connectivity index (χ4v) is 3.48. The Balaban J connectivity index is 2.07. The van der Waals surface area contributed by atoms with E-state index in [2.05, 4.69) is 64.9 Å². The van der Waals surface area contributed by atoms with Gasteiger partial charge in [0.2, 0.25) is 0 Å². The molecule has 0 saturated carbocycles. The minimum absolute atomic E-state index is 0.335. The number of nitrogens with zero attached hydrogens (tertiary/aromatic N) is 2. The Morgan fingerprint density at radius 3 is 2.85 bits per heavy atom. The highest BCUT2D eigenvalue weighted by Crippen LogP contribution is 2.36. The molecule has 0 radical (unpaired) electrons. The molecule has 3 rings (SSSR count). The molecule has 2 aromatic rings. The third-order valence-corrected chi connectivity index (χ3v) is 5.01. The van der Waals surface area contributed by atoms with Crippen molar-refractivity contribution in [1.29, 1.82) is 0 Å². The third kappa shape index (κ3) is 2.16. The van der Waals surface area contributed by atoms with Gasteiger partial charge in [-0.15, -0.1) is 0 Å². The Bertz CT molecular complexity index is 645. The SMILES string of the molecule is CCc1nn2c(c1Br)NCCC2c1ccc(C)c(C)c1. The van der Waals surface area contributed by atoms with Gasteiger partial charge in [0, 0.05) is 6.54 Å². The van der Waals surface area contributed by atoms with Crippen LogP contribution < -0.4 is 5.32 Å². The van der Waals surface area contributed by atoms with Crippen molar-refractivity contribution in [2.75, 3.05) is 11.9 Å². The topological polar surface area (TPSA) is 29.9 Å². The quantitative estimate of drug-likeness (QED) is 0.891. The van der Waals surface area contributed by atoms with Crippen molar-refractivity contribution in [2.45, 2.75) is 39.7 Å². The van der Waals surface area contributed by atoms with Crippen molar-refractivity contribution < 1.29 is 0 Å². The van der Waals surface area contributed by atoms with E-state index < -0.39 is 0 Å². The molecule has 1 aromatic heterocycles. The van der Waals surface area contributed by atoms with Crippen molar-refractivity contribution >= 4 is 21.7 Å². The van der Waals surface area contributed by atoms with Crippen LogP contribution in [0.5, 0.6) is 0 Å². The summed E-state index contributed by atoms with van der Waals surface area (Å²) in [4.78, 5) is 0. The molecule has 0 spiro atoms. The molecule has 4 heteroatoms. The lowest BCUT2D eigenvalue weighted by Gasteiger charge is -2.26. The van der Waals surface area contributed by atoms with Gasteiger partial charge < -0.3 is 5.32 Å². The number of hydrogen-bond donors (Lipinski definition) is 1. The summed E-state index contributed by atoms with van der Waals surface area (Å²) in [5.41, 5.74) is 5.18. The minimum Gasteiger partial charge on any atom is -0.369 e. The predicted octanol–water partition coefficient (Wildman–Crippen LogP) is 4.23. The van der Waals surface area contributed by atoms with E-state index in [0.29, 0.717) is 6.04 Å². The van der Waals surface area contributed by atoms with Crippen molar-refractivity contribution in [2.24, 2.45) is 0 Å². The van der Waals surface area contributed by atoms with Crippen LogP contribution in [-0.4, -0.2) is 16.3 Å². The van der Waals surface area contributed by atoms with Crippen LogP contribution in [0.3, 0.4) is 0 Å². The summed E-state index contributed by atoms with van der Waals surface area (Å²) in [5.74, 6) is 1.12. The molecule has 20 heavy (non-hydrogen) atoms. The van der Waals surface area contributed by atoms with Gasteiger partial charge in [0.25, 0.3) is 0 Å². The fourth-order valence-electron chi connectivity index (χ4n) is 2.80. The zero-order valence-electron chi connectivity index (χ0n) is 12.2. The van der Waals surface area contributed by atoms with E-state index in [4.69, 9.17) is 5.10 Å². The monoisotopic (exact) mass is 333 g/mol. The molecule has 0 bridgehead atoms. The first-order chi connectivity index (χ1) is 9.61. The summed E-state index contributed by atoms with van der Waals surface area (Å²) in [7, 11) is 0. The van der Waals surface area contributed by atoms with Gasteiger partial charge in [-0.2, -0.15) is 5.10 Å². The number of halogens is 1. The van der Waals surface area contributed by atoms with Crippen molar-refractivity contribution in [3.05, 3.63) is 45.1 Å². The number of benzene rings is 1. The summed E-state index contributed by atoms with van der Waals surface area (Å²) in [5, 5.41) is 8.25. The third-order valence-electron chi connectivity index (χ3n) is 4.17. The first-order valence-electron chi connectivity index (χ1n) is 7.19. The highest BCUT2D eigenvalue weighted by atomic mass is 79.9. The molecule has 3 nitrogen and oxygen atoms in total. The van der Waals surface area contributed by atoms with Gasteiger partial charge in [0.15, 0.2) is 0 Å². The molecule has 1 atom stereocenters. The zero-order chi connectivity index (χ0) is 14.3. The van der Waals surface area contributed by atoms with E-state index in [0.717, 1.165) is 35.4 Å². The summed E-state index contributed by atoms with van der Waals surface area (Å²) in [6.45, 7) is 7.47. The maximum Gasteiger partial charge on any atom is 0.139 e. The molecule has 0 saturated heterocycles. The number of anilines is 1. The predicted molar refractivity (Wildman–Crippen MR) is 86.5 cm³/mol. The Kier molecular flexibility index (Phi) is 3.59. The van der Waals surface area contributed by atoms with Crippen molar-refractivity contribution in [3.63, 3.8) is 0 Å². The van der Waals surface area contributed by atoms with Gasteiger partial charge in [-0.25, -0.2) is 4.68 Å². The molecule has 0 aliphatic carbocycles. The molecule has 1 aliphatic heterocycles. The van der Waals surface area contributed by atoms with E-state index in [1.165, 1.54) is 16.7 Å². The summed E-state index contributed by atoms with van der Waals surface area (Å²) in [6, 6.07) is 7.09. The van der Waals surface area contributed by atoms with Crippen LogP contribution >= 0.6 is 15.9 Å². The number of aromatic nitrogens is 2. The molecule has 2 heterocycles. The van der Waals surface area contributed by atoms with Gasteiger partial charge in [-0.1, -0.05) is 25.1 Å². The number of nitrogens with one attached hydrogen (secondary N) is 1. The average Bonchev–Trinajstić information content (AvgIpc) is 2.79. The second kappa shape index (κ2) is 5.24. The molecule has 106 valence electrons. The van der Waals surface area contributed by atoms with E-state index in [1.54, 1.807) is 0 Å². The smallest absolute Gasteiger partial charge is 0.139 e. The van der Waals surface area contributed by atoms with Crippen LogP contribution in [0, 0.1) is 13.8 Å². The lowest BCUT2D eigenvalue weighted by molar-refractivity contribution is 0.478. The van der Waals surface area contributed by atoms with E-state index in [9.17, 15) is 0 Å². The largest absolute Gasteiger partial charge is 0.369 e. The zero-order valence-corrected chi connectivity index (χ0v) is 13.8. The molecular formula is C16H20BrN3. The Morgan fingerprint density at radius 1 is 1.35 bits per heavy atom. The first-order valence-corrected chi connectivity index (χ1v) is 7.99. The molecule has 1 aromatic carbocycles. The molecule has 1 aliphatic rings. The number of rotatable bonds is 2. The van der Waals surface area contributed by atoms with Gasteiger partial charge in [-0.3, -0.25) is 0 Å². The van der Waals surface area contributed by atoms with E-state index in [1.807, 2.05) is 0 Å². The van der Waals surface area contributed by atoms with Gasteiger partial charge >= 0.3 is 0 Å². The van der Waals surface area contributed by atoms with Crippen LogP contribution in [0.4, 0.5) is 5.82 Å². The van der Waals surface area contributed by atoms with E-state index >= 15 is 0 Å². The summed E-state index contributed by atoms with van der Waals surface area (Å²) < 4.78 is 3.27. The van der Waals surface area contributed by atoms with Crippen LogP contribution in [0.25, 0.3) is 0 Å². The standard InChI is InChI=1S/C16H20BrN3/c1-4-13-15(17)16-18-8-7-14(20(16)19-13)12-6-5-10(2)11(3)9-12/h5-6,9,14,18H,4,7-8H2,1-3H3. The number of hydrogen-bond acceptors (Lipinski definition) is 2. The second-order valence-corrected chi connectivity index (χ2v) is 6.28. The van der Waals surface area contributed by atoms with Gasteiger partial charge in [0.05, 0.1) is 16.2 Å². The summed E-state index contributed by atoms with van der Waals surface area (Å²) in [6.07, 6.45) is 2.02. The van der Waals surface area contributed by atoms with Crippen LogP contribution in [0.15, 0.2) is 22.7 Å². The lowest BCUT2D eigenvalue weighted by atomic mass is 9.98. The maximum absolute atomic E-state index is 4.79. The van der Waals surface area contributed by atoms with E-state index in [-0.39, 0.29) is 0 Å². The Morgan fingerprint density at radius 2 is 2.15 bits per heavy atom. The molecular weight excluding hydrogens is 314 g/mol. The fraction of sp³-hybridized carbons (Fsp3) is 0.438. The van der Waals surface area contributed by atoms with Crippen LogP contribution in [-0.2, 0) is 6.42 Å². The lowest BCUT2D eigenvalue weighted by Crippen LogP contribution is -2.24. The number of aryl methyl sites for hydroxylation is 3. The van der Waals surface area contributed by atoms with Crippen molar-refractivity contribution in [1.82, 2.24) is 9.78 Å². The Labute approximate surface area is 128 Å². The number of fused-ring (bicyclic) bond motifs is 1. The highest BCUT2D eigenvalue weighted by Gasteiger charge is 2.26. The molecule has 1 N–H and O–H groups in total. The summed E-state index contributed by atoms with van der Waals surface area (Å²) >= 11 is 3.68. The average molecular weight is 334 g/mol. The minimum atomic E-state index is 0.335. The van der Waals surface area contributed by atoms with Gasteiger partial charge in [-0.05, 0) is 59.3 Å². The normalized spacial score (nSPS) is 17.7. The highest BCUT2D eigenvalue weighted by molar-refractivity contribution is 9.10. The Hall–Kier alpha value is -1.29. The molecule has 0 fully saturated rings. The second-order valence-electron chi connectivity index (χ2n) is 5.48. The molecule has 0 amide bonds. The maximum atomic E-state index is 4.79. The van der Waals surface area contributed by atoms with Crippen molar-refractivity contribution in [3.8, 4) is 0 Å². The molecule has 1 unspecified atom stereocenters. The van der Waals surface area contributed by atoms with Crippen LogP contribution in [0.1, 0.15) is 41.8 Å². The van der Waals surface area contributed by atoms with Crippen LogP contribution in [0.2, 0.25) is 0 Å².